The van der Waals surface area contributed by atoms with Gasteiger partial charge in [0.05, 0.1) is 10.4 Å². The van der Waals surface area contributed by atoms with Crippen LogP contribution in [0.3, 0.4) is 0 Å². The van der Waals surface area contributed by atoms with Crippen molar-refractivity contribution in [1.82, 2.24) is 15.3 Å². The number of hydrogen-bond acceptors (Lipinski definition) is 5. The quantitative estimate of drug-likeness (QED) is 0.939. The Hall–Kier alpha value is -0.990. The Labute approximate surface area is 115 Å². The summed E-state index contributed by atoms with van der Waals surface area (Å²) in [4.78, 5) is 7.97. The molecule has 1 saturated carbocycles. The van der Waals surface area contributed by atoms with Gasteiger partial charge in [0.1, 0.15) is 10.7 Å². The molecule has 0 spiro atoms. The van der Waals surface area contributed by atoms with Crippen LogP contribution in [0.5, 0.6) is 0 Å². The van der Waals surface area contributed by atoms with Gasteiger partial charge in [-0.15, -0.1) is 22.7 Å². The Bertz CT molecular complexity index is 558. The average molecular weight is 305 g/mol. The van der Waals surface area contributed by atoms with Crippen LogP contribution in [0.15, 0.2) is 10.9 Å². The highest BCUT2D eigenvalue weighted by Crippen LogP contribution is 2.37. The molecular formula is C11H10F3N3S2. The van der Waals surface area contributed by atoms with Crippen LogP contribution in [0, 0.1) is 0 Å². The Balaban J connectivity index is 1.90. The van der Waals surface area contributed by atoms with Crippen LogP contribution in [0.1, 0.15) is 23.4 Å². The fraction of sp³-hybridized carbons (Fsp3) is 0.455. The van der Waals surface area contributed by atoms with Crippen LogP contribution >= 0.6 is 22.7 Å². The number of hydrogen-bond donors (Lipinski definition) is 1. The van der Waals surface area contributed by atoms with Gasteiger partial charge in [0.2, 0.25) is 0 Å². The molecule has 1 aliphatic rings. The molecule has 0 unspecified atom stereocenters. The highest BCUT2D eigenvalue weighted by Gasteiger charge is 2.38. The van der Waals surface area contributed by atoms with Crippen molar-refractivity contribution in [2.24, 2.45) is 0 Å². The van der Waals surface area contributed by atoms with Crippen molar-refractivity contribution in [3.8, 4) is 10.7 Å². The lowest BCUT2D eigenvalue weighted by molar-refractivity contribution is -0.141. The van der Waals surface area contributed by atoms with E-state index in [4.69, 9.17) is 0 Å². The van der Waals surface area contributed by atoms with E-state index < -0.39 is 11.9 Å². The minimum Gasteiger partial charge on any atom is -0.309 e. The smallest absolute Gasteiger partial charge is 0.309 e. The lowest BCUT2D eigenvalue weighted by atomic mass is 10.3. The topological polar surface area (TPSA) is 37.8 Å². The first-order chi connectivity index (χ1) is 9.04. The number of rotatable bonds is 4. The molecule has 0 aromatic carbocycles. The van der Waals surface area contributed by atoms with E-state index in [1.807, 2.05) is 0 Å². The molecule has 2 aromatic heterocycles. The number of halogens is 3. The fourth-order valence-corrected chi connectivity index (χ4v) is 3.26. The molecule has 0 saturated heterocycles. The van der Waals surface area contributed by atoms with Gasteiger partial charge in [-0.25, -0.2) is 9.97 Å². The molecule has 1 N–H and O–H groups in total. The van der Waals surface area contributed by atoms with Crippen molar-refractivity contribution in [3.05, 3.63) is 21.5 Å². The summed E-state index contributed by atoms with van der Waals surface area (Å²) >= 11 is 2.41. The molecule has 8 heteroatoms. The van der Waals surface area contributed by atoms with Gasteiger partial charge < -0.3 is 5.32 Å². The molecule has 2 aromatic rings. The highest BCUT2D eigenvalue weighted by molar-refractivity contribution is 7.15. The summed E-state index contributed by atoms with van der Waals surface area (Å²) in [6.07, 6.45) is -2.33. The Morgan fingerprint density at radius 2 is 2.16 bits per heavy atom. The second kappa shape index (κ2) is 4.84. The van der Waals surface area contributed by atoms with Crippen molar-refractivity contribution >= 4 is 22.7 Å². The minimum absolute atomic E-state index is 0.224. The zero-order valence-electron chi connectivity index (χ0n) is 9.70. The van der Waals surface area contributed by atoms with Crippen LogP contribution in [-0.4, -0.2) is 16.0 Å². The average Bonchev–Trinajstić information content (AvgIpc) is 2.87. The highest BCUT2D eigenvalue weighted by atomic mass is 32.1. The number of alkyl halides is 3. The van der Waals surface area contributed by atoms with E-state index in [0.717, 1.165) is 24.2 Å². The van der Waals surface area contributed by atoms with E-state index in [2.05, 4.69) is 15.3 Å². The molecule has 0 aliphatic heterocycles. The molecule has 0 amide bonds. The predicted octanol–water partition coefficient (Wildman–Crippen LogP) is 3.54. The molecular weight excluding hydrogens is 295 g/mol. The maximum Gasteiger partial charge on any atom is 0.434 e. The third-order valence-corrected chi connectivity index (χ3v) is 4.41. The molecule has 0 radical (unpaired) electrons. The van der Waals surface area contributed by atoms with Crippen molar-refractivity contribution in [2.45, 2.75) is 31.6 Å². The molecule has 3 nitrogen and oxygen atoms in total. The maximum atomic E-state index is 12.9. The lowest BCUT2D eigenvalue weighted by Gasteiger charge is -2.06. The summed E-state index contributed by atoms with van der Waals surface area (Å²) in [5.41, 5.74) is 1.32. The lowest BCUT2D eigenvalue weighted by Crippen LogP contribution is -2.18. The van der Waals surface area contributed by atoms with Gasteiger partial charge in [0.25, 0.3) is 0 Å². The largest absolute Gasteiger partial charge is 0.434 e. The SMILES string of the molecule is FC(F)(F)c1nc(-c2cscn2)sc1CNC1CC1. The molecule has 2 heterocycles. The minimum atomic E-state index is -4.41. The number of thiazole rings is 2. The van der Waals surface area contributed by atoms with Crippen molar-refractivity contribution in [1.29, 1.82) is 0 Å². The van der Waals surface area contributed by atoms with Crippen LogP contribution < -0.4 is 5.32 Å². The van der Waals surface area contributed by atoms with Gasteiger partial charge >= 0.3 is 6.18 Å². The summed E-state index contributed by atoms with van der Waals surface area (Å²) < 4.78 is 38.8. The molecule has 102 valence electrons. The van der Waals surface area contributed by atoms with Gasteiger partial charge in [-0.2, -0.15) is 13.2 Å². The van der Waals surface area contributed by atoms with Gasteiger partial charge in [0, 0.05) is 18.0 Å². The zero-order chi connectivity index (χ0) is 13.5. The van der Waals surface area contributed by atoms with Crippen LogP contribution in [-0.2, 0) is 12.7 Å². The van der Waals surface area contributed by atoms with E-state index in [1.165, 1.54) is 11.3 Å². The third-order valence-electron chi connectivity index (χ3n) is 2.75. The Morgan fingerprint density at radius 1 is 1.37 bits per heavy atom. The van der Waals surface area contributed by atoms with Gasteiger partial charge in [-0.3, -0.25) is 0 Å². The first-order valence-corrected chi connectivity index (χ1v) is 7.49. The summed E-state index contributed by atoms with van der Waals surface area (Å²) in [6.45, 7) is 0.224. The molecule has 1 aliphatic carbocycles. The van der Waals surface area contributed by atoms with Crippen molar-refractivity contribution < 1.29 is 13.2 Å². The Morgan fingerprint density at radius 3 is 2.74 bits per heavy atom. The number of nitrogens with zero attached hydrogens (tertiary/aromatic N) is 2. The second-order valence-corrected chi connectivity index (χ2v) is 6.12. The molecule has 19 heavy (non-hydrogen) atoms. The van der Waals surface area contributed by atoms with E-state index in [-0.39, 0.29) is 11.4 Å². The van der Waals surface area contributed by atoms with E-state index in [0.29, 0.717) is 16.7 Å². The molecule has 0 atom stereocenters. The van der Waals surface area contributed by atoms with Gasteiger partial charge in [-0.1, -0.05) is 0 Å². The maximum absolute atomic E-state index is 12.9. The van der Waals surface area contributed by atoms with E-state index in [1.54, 1.807) is 10.9 Å². The third kappa shape index (κ3) is 2.96. The van der Waals surface area contributed by atoms with Crippen molar-refractivity contribution in [2.75, 3.05) is 0 Å². The van der Waals surface area contributed by atoms with E-state index >= 15 is 0 Å². The number of aromatic nitrogens is 2. The first kappa shape index (κ1) is 13.0. The summed E-state index contributed by atoms with van der Waals surface area (Å²) in [6, 6.07) is 0.367. The summed E-state index contributed by atoms with van der Waals surface area (Å²) in [5.74, 6) is 0. The first-order valence-electron chi connectivity index (χ1n) is 5.73. The molecule has 0 bridgehead atoms. The normalized spacial score (nSPS) is 15.9. The summed E-state index contributed by atoms with van der Waals surface area (Å²) in [5, 5.41) is 5.14. The Kier molecular flexibility index (Phi) is 3.32. The predicted molar refractivity (Wildman–Crippen MR) is 68.1 cm³/mol. The van der Waals surface area contributed by atoms with Gasteiger partial charge in [-0.05, 0) is 12.8 Å². The molecule has 3 rings (SSSR count). The standard InChI is InChI=1S/C11H10F3N3S2/c12-11(13,14)9-8(3-15-6-1-2-6)19-10(17-9)7-4-18-5-16-7/h4-6,15H,1-3H2. The zero-order valence-corrected chi connectivity index (χ0v) is 11.3. The van der Waals surface area contributed by atoms with Crippen LogP contribution in [0.2, 0.25) is 0 Å². The number of nitrogens with one attached hydrogen (secondary N) is 1. The van der Waals surface area contributed by atoms with E-state index in [9.17, 15) is 13.2 Å². The monoisotopic (exact) mass is 305 g/mol. The van der Waals surface area contributed by atoms with Crippen LogP contribution in [0.4, 0.5) is 13.2 Å². The second-order valence-electron chi connectivity index (χ2n) is 4.32. The van der Waals surface area contributed by atoms with Gasteiger partial charge in [0.15, 0.2) is 5.69 Å². The summed E-state index contributed by atoms with van der Waals surface area (Å²) in [7, 11) is 0. The van der Waals surface area contributed by atoms with Crippen molar-refractivity contribution in [3.63, 3.8) is 0 Å². The fourth-order valence-electron chi connectivity index (χ4n) is 1.65. The molecule has 1 fully saturated rings. The van der Waals surface area contributed by atoms with Crippen LogP contribution in [0.25, 0.3) is 10.7 Å².